The largest absolute Gasteiger partial charge is 0.299 e. The smallest absolute Gasteiger partial charge is 0.243 e. The lowest BCUT2D eigenvalue weighted by atomic mass is 9.98. The zero-order valence-corrected chi connectivity index (χ0v) is 15.6. The van der Waals surface area contributed by atoms with Crippen LogP contribution in [0.15, 0.2) is 24.3 Å². The number of nitrogens with one attached hydrogen (secondary N) is 1. The lowest BCUT2D eigenvalue weighted by molar-refractivity contribution is -0.120. The van der Waals surface area contributed by atoms with Gasteiger partial charge in [0.25, 0.3) is 0 Å². The Labute approximate surface area is 151 Å². The molecule has 0 saturated carbocycles. The highest BCUT2D eigenvalue weighted by atomic mass is 32.1. The number of rotatable bonds is 4. The quantitative estimate of drug-likeness (QED) is 0.903. The van der Waals surface area contributed by atoms with Crippen molar-refractivity contribution in [1.82, 2.24) is 15.1 Å². The molecule has 1 fully saturated rings. The summed E-state index contributed by atoms with van der Waals surface area (Å²) in [5.41, 5.74) is 0.926. The van der Waals surface area contributed by atoms with Gasteiger partial charge in [0, 0.05) is 12.0 Å². The first kappa shape index (κ1) is 17.9. The molecule has 3 rings (SSSR count). The van der Waals surface area contributed by atoms with Gasteiger partial charge in [-0.2, -0.15) is 0 Å². The van der Waals surface area contributed by atoms with Gasteiger partial charge in [-0.3, -0.25) is 15.0 Å². The number of hydrogen-bond donors (Lipinski definition) is 1. The molecule has 1 aliphatic heterocycles. The van der Waals surface area contributed by atoms with E-state index in [4.69, 9.17) is 0 Å². The van der Waals surface area contributed by atoms with E-state index in [1.807, 2.05) is 0 Å². The van der Waals surface area contributed by atoms with E-state index in [0.717, 1.165) is 30.0 Å². The number of amides is 1. The van der Waals surface area contributed by atoms with E-state index in [1.54, 1.807) is 12.1 Å². The van der Waals surface area contributed by atoms with Crippen LogP contribution >= 0.6 is 11.3 Å². The molecule has 2 heterocycles. The number of nitrogens with zero attached hydrogens (tertiary/aromatic N) is 3. The molecular weight excluding hydrogens is 339 g/mol. The van der Waals surface area contributed by atoms with Crippen LogP contribution in [0.4, 0.5) is 9.52 Å². The fourth-order valence-corrected chi connectivity index (χ4v) is 3.71. The maximum Gasteiger partial charge on any atom is 0.243 e. The van der Waals surface area contributed by atoms with E-state index in [9.17, 15) is 9.18 Å². The van der Waals surface area contributed by atoms with Gasteiger partial charge in [-0.15, -0.1) is 10.2 Å². The van der Waals surface area contributed by atoms with Crippen molar-refractivity contribution < 1.29 is 9.18 Å². The van der Waals surface area contributed by atoms with Crippen molar-refractivity contribution in [1.29, 1.82) is 0 Å². The third-order valence-electron chi connectivity index (χ3n) is 4.26. The number of halogens is 1. The topological polar surface area (TPSA) is 58.1 Å². The summed E-state index contributed by atoms with van der Waals surface area (Å²) in [5, 5.41) is 12.6. The van der Waals surface area contributed by atoms with Gasteiger partial charge in [0.1, 0.15) is 10.8 Å². The molecule has 2 aromatic rings. The number of aromatic nitrogens is 2. The molecular formula is C18H23FN4OS. The lowest BCUT2D eigenvalue weighted by Gasteiger charge is -2.23. The number of likely N-dealkylation sites (tertiary alicyclic amines) is 1. The molecule has 25 heavy (non-hydrogen) atoms. The Bertz CT molecular complexity index is 738. The molecule has 0 bridgehead atoms. The predicted octanol–water partition coefficient (Wildman–Crippen LogP) is 3.58. The number of anilines is 1. The van der Waals surface area contributed by atoms with Crippen LogP contribution in [0, 0.1) is 5.82 Å². The average molecular weight is 362 g/mol. The third-order valence-corrected chi connectivity index (χ3v) is 5.53. The number of benzene rings is 1. The van der Waals surface area contributed by atoms with Gasteiger partial charge < -0.3 is 0 Å². The van der Waals surface area contributed by atoms with E-state index < -0.39 is 0 Å². The van der Waals surface area contributed by atoms with Crippen molar-refractivity contribution in [3.8, 4) is 0 Å². The minimum absolute atomic E-state index is 0.0452. The number of hydrogen-bond acceptors (Lipinski definition) is 5. The standard InChI is InChI=1S/C18H23FN4OS/c1-18(2,3)16-21-22-17(25-16)20-15(24)14-5-4-10-23(14)11-12-6-8-13(19)9-7-12/h6-9,14H,4-5,10-11H2,1-3H3,(H,20,22,24)/t14-/m0/s1. The molecule has 1 aromatic heterocycles. The SMILES string of the molecule is CC(C)(C)c1nnc(NC(=O)[C@@H]2CCCN2Cc2ccc(F)cc2)s1. The maximum absolute atomic E-state index is 13.0. The van der Waals surface area contributed by atoms with E-state index in [0.29, 0.717) is 11.7 Å². The van der Waals surface area contributed by atoms with Gasteiger partial charge in [0.05, 0.1) is 6.04 Å². The Balaban J connectivity index is 1.64. The van der Waals surface area contributed by atoms with E-state index in [-0.39, 0.29) is 23.2 Å². The number of carbonyl (C=O) groups excluding carboxylic acids is 1. The maximum atomic E-state index is 13.0. The van der Waals surface area contributed by atoms with Crippen LogP contribution in [-0.2, 0) is 16.8 Å². The predicted molar refractivity (Wildman–Crippen MR) is 97.1 cm³/mol. The van der Waals surface area contributed by atoms with Crippen molar-refractivity contribution in [2.24, 2.45) is 0 Å². The first-order valence-electron chi connectivity index (χ1n) is 8.46. The summed E-state index contributed by atoms with van der Waals surface area (Å²) in [6.45, 7) is 7.71. The molecule has 0 unspecified atom stereocenters. The first-order chi connectivity index (χ1) is 11.8. The van der Waals surface area contributed by atoms with Gasteiger partial charge in [-0.25, -0.2) is 4.39 Å². The molecule has 0 spiro atoms. The van der Waals surface area contributed by atoms with Crippen LogP contribution in [0.3, 0.4) is 0 Å². The summed E-state index contributed by atoms with van der Waals surface area (Å²) in [5.74, 6) is -0.290. The van der Waals surface area contributed by atoms with Crippen LogP contribution in [0.5, 0.6) is 0 Å². The molecule has 1 atom stereocenters. The molecule has 7 heteroatoms. The average Bonchev–Trinajstić information content (AvgIpc) is 3.18. The molecule has 5 nitrogen and oxygen atoms in total. The fraction of sp³-hybridized carbons (Fsp3) is 0.500. The minimum Gasteiger partial charge on any atom is -0.299 e. The Kier molecular flexibility index (Phi) is 5.15. The lowest BCUT2D eigenvalue weighted by Crippen LogP contribution is -2.39. The molecule has 1 saturated heterocycles. The summed E-state index contributed by atoms with van der Waals surface area (Å²) in [7, 11) is 0. The first-order valence-corrected chi connectivity index (χ1v) is 9.28. The van der Waals surface area contributed by atoms with Gasteiger partial charge in [-0.1, -0.05) is 44.2 Å². The van der Waals surface area contributed by atoms with Crippen molar-refractivity contribution in [2.45, 2.75) is 51.6 Å². The Hall–Kier alpha value is -1.86. The van der Waals surface area contributed by atoms with Crippen molar-refractivity contribution in [3.63, 3.8) is 0 Å². The third kappa shape index (κ3) is 4.41. The summed E-state index contributed by atoms with van der Waals surface area (Å²) < 4.78 is 13.0. The fourth-order valence-electron chi connectivity index (χ4n) is 2.90. The molecule has 1 aromatic carbocycles. The molecule has 0 radical (unpaired) electrons. The molecule has 1 aliphatic rings. The highest BCUT2D eigenvalue weighted by molar-refractivity contribution is 7.15. The Morgan fingerprint density at radius 2 is 2.04 bits per heavy atom. The van der Waals surface area contributed by atoms with Gasteiger partial charge in [0.2, 0.25) is 11.0 Å². The summed E-state index contributed by atoms with van der Waals surface area (Å²) >= 11 is 1.42. The van der Waals surface area contributed by atoms with Crippen LogP contribution in [-0.4, -0.2) is 33.6 Å². The van der Waals surface area contributed by atoms with Crippen LogP contribution in [0.1, 0.15) is 44.2 Å². The molecule has 0 aliphatic carbocycles. The van der Waals surface area contributed by atoms with Crippen LogP contribution < -0.4 is 5.32 Å². The number of carbonyl (C=O) groups is 1. The zero-order chi connectivity index (χ0) is 18.0. The second kappa shape index (κ2) is 7.17. The van der Waals surface area contributed by atoms with Gasteiger partial charge in [0.15, 0.2) is 0 Å². The monoisotopic (exact) mass is 362 g/mol. The second-order valence-electron chi connectivity index (χ2n) is 7.41. The second-order valence-corrected chi connectivity index (χ2v) is 8.38. The molecule has 1 amide bonds. The van der Waals surface area contributed by atoms with Crippen LogP contribution in [0.25, 0.3) is 0 Å². The highest BCUT2D eigenvalue weighted by Crippen LogP contribution is 2.28. The Morgan fingerprint density at radius 1 is 1.32 bits per heavy atom. The van der Waals surface area contributed by atoms with Crippen molar-refractivity contribution >= 4 is 22.4 Å². The summed E-state index contributed by atoms with van der Waals surface area (Å²) in [4.78, 5) is 14.8. The van der Waals surface area contributed by atoms with E-state index in [2.05, 4.69) is 41.2 Å². The molecule has 134 valence electrons. The van der Waals surface area contributed by atoms with E-state index in [1.165, 1.54) is 23.5 Å². The summed E-state index contributed by atoms with van der Waals surface area (Å²) in [6, 6.07) is 6.25. The van der Waals surface area contributed by atoms with E-state index >= 15 is 0 Å². The van der Waals surface area contributed by atoms with Crippen molar-refractivity contribution in [2.75, 3.05) is 11.9 Å². The zero-order valence-electron chi connectivity index (χ0n) is 14.8. The van der Waals surface area contributed by atoms with Crippen molar-refractivity contribution in [3.05, 3.63) is 40.7 Å². The normalized spacial score (nSPS) is 18.5. The van der Waals surface area contributed by atoms with Gasteiger partial charge >= 0.3 is 0 Å². The Morgan fingerprint density at radius 3 is 2.68 bits per heavy atom. The van der Waals surface area contributed by atoms with Gasteiger partial charge in [-0.05, 0) is 37.1 Å². The highest BCUT2D eigenvalue weighted by Gasteiger charge is 2.31. The minimum atomic E-state index is -0.245. The van der Waals surface area contributed by atoms with Crippen LogP contribution in [0.2, 0.25) is 0 Å². The molecule has 1 N–H and O–H groups in total. The summed E-state index contributed by atoms with van der Waals surface area (Å²) in [6.07, 6.45) is 1.79.